The molecule has 0 saturated heterocycles. The molecule has 2 nitrogen and oxygen atoms in total. The smallest absolute Gasteiger partial charge is 0.419 e. The van der Waals surface area contributed by atoms with Crippen molar-refractivity contribution in [1.82, 2.24) is 0 Å². The van der Waals surface area contributed by atoms with E-state index >= 15 is 0 Å². The predicted octanol–water partition coefficient (Wildman–Crippen LogP) is 3.28. The maximum atomic E-state index is 13.2. The molecule has 0 aliphatic heterocycles. The van der Waals surface area contributed by atoms with Crippen LogP contribution in [0.1, 0.15) is 15.9 Å². The highest BCUT2D eigenvalue weighted by Crippen LogP contribution is 2.35. The van der Waals surface area contributed by atoms with E-state index in [-0.39, 0.29) is 0 Å². The van der Waals surface area contributed by atoms with Gasteiger partial charge < -0.3 is 4.74 Å². The van der Waals surface area contributed by atoms with Gasteiger partial charge in [0.15, 0.2) is 5.82 Å². The summed E-state index contributed by atoms with van der Waals surface area (Å²) in [7, 11) is 1.01. The zero-order chi connectivity index (χ0) is 12.5. The van der Waals surface area contributed by atoms with Gasteiger partial charge >= 0.3 is 12.1 Å². The van der Waals surface area contributed by atoms with Crippen LogP contribution in [0.4, 0.5) is 17.6 Å². The van der Waals surface area contributed by atoms with Gasteiger partial charge in [-0.05, 0) is 12.1 Å². The molecule has 0 atom stereocenters. The Balaban J connectivity index is 3.35. The van der Waals surface area contributed by atoms with Crippen LogP contribution in [0.25, 0.3) is 0 Å². The van der Waals surface area contributed by atoms with E-state index in [1.165, 1.54) is 0 Å². The van der Waals surface area contributed by atoms with Gasteiger partial charge in [-0.25, -0.2) is 9.18 Å². The van der Waals surface area contributed by atoms with Crippen molar-refractivity contribution >= 4 is 17.6 Å². The minimum Gasteiger partial charge on any atom is -0.465 e. The van der Waals surface area contributed by atoms with Crippen LogP contribution in [0.5, 0.6) is 0 Å². The van der Waals surface area contributed by atoms with Crippen molar-refractivity contribution in [2.24, 2.45) is 0 Å². The third-order valence-electron chi connectivity index (χ3n) is 1.79. The Morgan fingerprint density at radius 2 is 1.94 bits per heavy atom. The van der Waals surface area contributed by atoms with Crippen molar-refractivity contribution in [3.8, 4) is 0 Å². The average molecular weight is 257 g/mol. The summed E-state index contributed by atoms with van der Waals surface area (Å²) in [6.45, 7) is 0. The number of ether oxygens (including phenoxy) is 1. The summed E-state index contributed by atoms with van der Waals surface area (Å²) in [6.07, 6.45) is -4.86. The number of alkyl halides is 3. The van der Waals surface area contributed by atoms with E-state index in [1.807, 2.05) is 0 Å². The highest BCUT2D eigenvalue weighted by Gasteiger charge is 2.36. The quantitative estimate of drug-likeness (QED) is 0.569. The lowest BCUT2D eigenvalue weighted by molar-refractivity contribution is -0.140. The van der Waals surface area contributed by atoms with Gasteiger partial charge in [0.2, 0.25) is 0 Å². The van der Waals surface area contributed by atoms with Crippen LogP contribution in [0.2, 0.25) is 5.02 Å². The second kappa shape index (κ2) is 4.29. The van der Waals surface area contributed by atoms with Gasteiger partial charge in [0.1, 0.15) is 0 Å². The van der Waals surface area contributed by atoms with Gasteiger partial charge in [-0.1, -0.05) is 11.6 Å². The Morgan fingerprint density at radius 1 is 1.38 bits per heavy atom. The van der Waals surface area contributed by atoms with Gasteiger partial charge in [0.05, 0.1) is 23.3 Å². The molecule has 1 rings (SSSR count). The summed E-state index contributed by atoms with van der Waals surface area (Å²) in [5.74, 6) is -2.69. The average Bonchev–Trinajstić information content (AvgIpc) is 2.19. The van der Waals surface area contributed by atoms with Crippen molar-refractivity contribution in [1.29, 1.82) is 0 Å². The van der Waals surface area contributed by atoms with Crippen molar-refractivity contribution in [3.05, 3.63) is 34.1 Å². The second-order valence-corrected chi connectivity index (χ2v) is 3.16. The summed E-state index contributed by atoms with van der Waals surface area (Å²) >= 11 is 5.30. The Bertz CT molecular complexity index is 428. The fourth-order valence-electron chi connectivity index (χ4n) is 1.04. The first-order valence-electron chi connectivity index (χ1n) is 3.92. The van der Waals surface area contributed by atoms with Gasteiger partial charge in [-0.3, -0.25) is 0 Å². The van der Waals surface area contributed by atoms with Crippen LogP contribution in [0.3, 0.4) is 0 Å². The first-order valence-corrected chi connectivity index (χ1v) is 4.30. The fourth-order valence-corrected chi connectivity index (χ4v) is 1.28. The molecule has 1 aromatic carbocycles. The van der Waals surface area contributed by atoms with E-state index in [9.17, 15) is 22.4 Å². The standard InChI is InChI=1S/C9H5ClF4O2/c1-16-8(15)4-2-3-5(9(12,13)14)7(11)6(4)10/h2-3H,1H3. The Kier molecular flexibility index (Phi) is 3.42. The lowest BCUT2D eigenvalue weighted by Gasteiger charge is -2.10. The SMILES string of the molecule is COC(=O)c1ccc(C(F)(F)F)c(F)c1Cl. The molecule has 0 radical (unpaired) electrons. The minimum absolute atomic E-state index is 0.438. The summed E-state index contributed by atoms with van der Waals surface area (Å²) in [4.78, 5) is 11.0. The van der Waals surface area contributed by atoms with Gasteiger partial charge in [-0.2, -0.15) is 13.2 Å². The molecule has 0 aliphatic rings. The van der Waals surface area contributed by atoms with Gasteiger partial charge in [0, 0.05) is 0 Å². The summed E-state index contributed by atoms with van der Waals surface area (Å²) in [5.41, 5.74) is -1.97. The van der Waals surface area contributed by atoms with Crippen LogP contribution in [0, 0.1) is 5.82 Å². The lowest BCUT2D eigenvalue weighted by Crippen LogP contribution is -2.11. The molecular formula is C9H5ClF4O2. The Morgan fingerprint density at radius 3 is 2.38 bits per heavy atom. The molecule has 0 amide bonds. The molecular weight excluding hydrogens is 252 g/mol. The zero-order valence-corrected chi connectivity index (χ0v) is 8.62. The first-order chi connectivity index (χ1) is 7.29. The number of halogens is 5. The summed E-state index contributed by atoms with van der Waals surface area (Å²) in [6, 6.07) is 1.20. The highest BCUT2D eigenvalue weighted by atomic mass is 35.5. The van der Waals surface area contributed by atoms with Crippen LogP contribution in [0.15, 0.2) is 12.1 Å². The van der Waals surface area contributed by atoms with Crippen LogP contribution in [-0.2, 0) is 10.9 Å². The maximum absolute atomic E-state index is 13.2. The van der Waals surface area contributed by atoms with E-state index in [0.717, 1.165) is 13.2 Å². The third-order valence-corrected chi connectivity index (χ3v) is 2.16. The molecule has 0 aromatic heterocycles. The second-order valence-electron chi connectivity index (χ2n) is 2.78. The normalized spacial score (nSPS) is 11.4. The van der Waals surface area contributed by atoms with E-state index in [0.29, 0.717) is 6.07 Å². The third kappa shape index (κ3) is 2.27. The van der Waals surface area contributed by atoms with Crippen LogP contribution >= 0.6 is 11.6 Å². The number of methoxy groups -OCH3 is 1. The highest BCUT2D eigenvalue weighted by molar-refractivity contribution is 6.33. The topological polar surface area (TPSA) is 26.3 Å². The predicted molar refractivity (Wildman–Crippen MR) is 47.8 cm³/mol. The number of hydrogen-bond donors (Lipinski definition) is 0. The molecule has 0 N–H and O–H groups in total. The number of hydrogen-bond acceptors (Lipinski definition) is 2. The zero-order valence-electron chi connectivity index (χ0n) is 7.86. The van der Waals surface area contributed by atoms with E-state index in [4.69, 9.17) is 11.6 Å². The molecule has 16 heavy (non-hydrogen) atoms. The summed E-state index contributed by atoms with van der Waals surface area (Å²) in [5, 5.41) is -0.901. The molecule has 88 valence electrons. The van der Waals surface area contributed by atoms with Crippen molar-refractivity contribution in [2.45, 2.75) is 6.18 Å². The van der Waals surface area contributed by atoms with E-state index in [2.05, 4.69) is 4.74 Å². The largest absolute Gasteiger partial charge is 0.465 e. The molecule has 0 saturated carbocycles. The Hall–Kier alpha value is -1.30. The Labute approximate surface area is 92.8 Å². The molecule has 1 aromatic rings. The van der Waals surface area contributed by atoms with E-state index < -0.39 is 34.1 Å². The molecule has 0 fully saturated rings. The van der Waals surface area contributed by atoms with Crippen molar-refractivity contribution in [2.75, 3.05) is 7.11 Å². The molecule has 0 bridgehead atoms. The first kappa shape index (κ1) is 12.8. The van der Waals surface area contributed by atoms with Crippen LogP contribution in [-0.4, -0.2) is 13.1 Å². The van der Waals surface area contributed by atoms with Crippen LogP contribution < -0.4 is 0 Å². The number of benzene rings is 1. The van der Waals surface area contributed by atoms with Crippen molar-refractivity contribution in [3.63, 3.8) is 0 Å². The number of rotatable bonds is 1. The summed E-state index contributed by atoms with van der Waals surface area (Å²) < 4.78 is 54.1. The van der Waals surface area contributed by atoms with Gasteiger partial charge in [-0.15, -0.1) is 0 Å². The molecule has 0 spiro atoms. The fraction of sp³-hybridized carbons (Fsp3) is 0.222. The minimum atomic E-state index is -4.86. The maximum Gasteiger partial charge on any atom is 0.419 e. The molecule has 0 aliphatic carbocycles. The number of carbonyl (C=O) groups excluding carboxylic acids is 1. The molecule has 0 unspecified atom stereocenters. The van der Waals surface area contributed by atoms with Gasteiger partial charge in [0.25, 0.3) is 0 Å². The number of esters is 1. The van der Waals surface area contributed by atoms with Crippen molar-refractivity contribution < 1.29 is 27.1 Å². The monoisotopic (exact) mass is 256 g/mol. The number of carbonyl (C=O) groups is 1. The molecule has 0 heterocycles. The van der Waals surface area contributed by atoms with E-state index in [1.54, 1.807) is 0 Å². The molecule has 7 heteroatoms. The lowest BCUT2D eigenvalue weighted by atomic mass is 10.1.